The molecule has 0 bridgehead atoms. The zero-order chi connectivity index (χ0) is 19.7. The summed E-state index contributed by atoms with van der Waals surface area (Å²) < 4.78 is 6.28. The SMILES string of the molecule is Cc1cc(CC2C(=O)NCC2c2ccc(C)c(OC3CCCC3)c2)ccc1O. The lowest BCUT2D eigenvalue weighted by Crippen LogP contribution is -2.21. The number of amides is 1. The summed E-state index contributed by atoms with van der Waals surface area (Å²) in [5, 5.41) is 12.8. The fourth-order valence-electron chi connectivity index (χ4n) is 4.51. The molecule has 2 fully saturated rings. The number of nitrogens with one attached hydrogen (secondary N) is 1. The zero-order valence-electron chi connectivity index (χ0n) is 16.7. The van der Waals surface area contributed by atoms with Crippen LogP contribution in [0.15, 0.2) is 36.4 Å². The van der Waals surface area contributed by atoms with Gasteiger partial charge in [-0.15, -0.1) is 0 Å². The highest BCUT2D eigenvalue weighted by Crippen LogP contribution is 2.36. The Labute approximate surface area is 166 Å². The van der Waals surface area contributed by atoms with Crippen LogP contribution in [0.1, 0.15) is 53.9 Å². The molecular formula is C24H29NO3. The molecule has 4 rings (SSSR count). The Morgan fingerprint density at radius 3 is 2.61 bits per heavy atom. The highest BCUT2D eigenvalue weighted by Gasteiger charge is 2.36. The molecule has 2 aromatic carbocycles. The van der Waals surface area contributed by atoms with Gasteiger partial charge in [0.25, 0.3) is 0 Å². The van der Waals surface area contributed by atoms with Gasteiger partial charge in [-0.05, 0) is 80.3 Å². The van der Waals surface area contributed by atoms with Crippen molar-refractivity contribution in [3.8, 4) is 11.5 Å². The van der Waals surface area contributed by atoms with E-state index in [1.165, 1.54) is 12.8 Å². The molecular weight excluding hydrogens is 350 g/mol. The average molecular weight is 380 g/mol. The predicted molar refractivity (Wildman–Crippen MR) is 110 cm³/mol. The highest BCUT2D eigenvalue weighted by atomic mass is 16.5. The van der Waals surface area contributed by atoms with Crippen molar-refractivity contribution in [2.45, 2.75) is 58.0 Å². The molecule has 1 aliphatic carbocycles. The molecule has 1 aliphatic heterocycles. The molecule has 1 amide bonds. The number of hydrogen-bond acceptors (Lipinski definition) is 3. The zero-order valence-corrected chi connectivity index (χ0v) is 16.7. The molecule has 1 saturated carbocycles. The number of hydrogen-bond donors (Lipinski definition) is 2. The molecule has 2 N–H and O–H groups in total. The van der Waals surface area contributed by atoms with E-state index < -0.39 is 0 Å². The van der Waals surface area contributed by atoms with Gasteiger partial charge >= 0.3 is 0 Å². The van der Waals surface area contributed by atoms with Crippen LogP contribution in [0.25, 0.3) is 0 Å². The van der Waals surface area contributed by atoms with Gasteiger partial charge in [0.2, 0.25) is 5.91 Å². The van der Waals surface area contributed by atoms with Gasteiger partial charge in [-0.25, -0.2) is 0 Å². The predicted octanol–water partition coefficient (Wildman–Crippen LogP) is 4.40. The fourth-order valence-corrected chi connectivity index (χ4v) is 4.51. The average Bonchev–Trinajstić information content (AvgIpc) is 3.31. The van der Waals surface area contributed by atoms with E-state index in [1.807, 2.05) is 19.1 Å². The first kappa shape index (κ1) is 18.9. The van der Waals surface area contributed by atoms with E-state index in [0.29, 0.717) is 24.8 Å². The van der Waals surface area contributed by atoms with Crippen molar-refractivity contribution in [3.63, 3.8) is 0 Å². The molecule has 0 radical (unpaired) electrons. The van der Waals surface area contributed by atoms with Crippen LogP contribution in [0.5, 0.6) is 11.5 Å². The number of rotatable bonds is 5. The number of carbonyl (C=O) groups is 1. The molecule has 2 aliphatic rings. The monoisotopic (exact) mass is 379 g/mol. The maximum Gasteiger partial charge on any atom is 0.224 e. The van der Waals surface area contributed by atoms with Gasteiger partial charge in [-0.1, -0.05) is 24.3 Å². The summed E-state index contributed by atoms with van der Waals surface area (Å²) >= 11 is 0. The van der Waals surface area contributed by atoms with E-state index in [4.69, 9.17) is 4.74 Å². The second-order valence-electron chi connectivity index (χ2n) is 8.33. The molecule has 1 heterocycles. The Balaban J connectivity index is 1.56. The number of ether oxygens (including phenoxy) is 1. The number of phenolic OH excluding ortho intramolecular Hbond substituents is 1. The molecule has 2 atom stereocenters. The lowest BCUT2D eigenvalue weighted by molar-refractivity contribution is -0.122. The van der Waals surface area contributed by atoms with Crippen molar-refractivity contribution in [1.82, 2.24) is 5.32 Å². The third-order valence-corrected chi connectivity index (χ3v) is 6.27. The number of aromatic hydroxyl groups is 1. The quantitative estimate of drug-likeness (QED) is 0.809. The maximum absolute atomic E-state index is 12.6. The Kier molecular flexibility index (Phi) is 5.29. The molecule has 2 unspecified atom stereocenters. The largest absolute Gasteiger partial charge is 0.508 e. The van der Waals surface area contributed by atoms with Crippen molar-refractivity contribution in [3.05, 3.63) is 58.7 Å². The van der Waals surface area contributed by atoms with E-state index in [2.05, 4.69) is 30.4 Å². The molecule has 2 aromatic rings. The Hall–Kier alpha value is -2.49. The summed E-state index contributed by atoms with van der Waals surface area (Å²) in [6.45, 7) is 4.63. The minimum atomic E-state index is -0.106. The summed E-state index contributed by atoms with van der Waals surface area (Å²) in [4.78, 5) is 12.6. The molecule has 148 valence electrons. The number of phenols is 1. The molecule has 1 saturated heterocycles. The van der Waals surface area contributed by atoms with Crippen LogP contribution in [0, 0.1) is 19.8 Å². The van der Waals surface area contributed by atoms with Crippen molar-refractivity contribution in [2.24, 2.45) is 5.92 Å². The first-order chi connectivity index (χ1) is 13.5. The number of aryl methyl sites for hydroxylation is 2. The van der Waals surface area contributed by atoms with Crippen LogP contribution >= 0.6 is 0 Å². The topological polar surface area (TPSA) is 58.6 Å². The van der Waals surface area contributed by atoms with Crippen LogP contribution in [0.4, 0.5) is 0 Å². The van der Waals surface area contributed by atoms with Gasteiger partial charge in [-0.3, -0.25) is 4.79 Å². The van der Waals surface area contributed by atoms with Gasteiger partial charge in [0, 0.05) is 12.5 Å². The second kappa shape index (κ2) is 7.86. The lowest BCUT2D eigenvalue weighted by Gasteiger charge is -2.21. The van der Waals surface area contributed by atoms with Gasteiger partial charge in [0.1, 0.15) is 11.5 Å². The minimum absolute atomic E-state index is 0.106. The van der Waals surface area contributed by atoms with Crippen LogP contribution < -0.4 is 10.1 Å². The van der Waals surface area contributed by atoms with Crippen LogP contribution in [-0.2, 0) is 11.2 Å². The molecule has 0 aromatic heterocycles. The Bertz CT molecular complexity index is 870. The fraction of sp³-hybridized carbons (Fsp3) is 0.458. The van der Waals surface area contributed by atoms with E-state index in [1.54, 1.807) is 6.07 Å². The molecule has 4 nitrogen and oxygen atoms in total. The van der Waals surface area contributed by atoms with Gasteiger partial charge in [-0.2, -0.15) is 0 Å². The van der Waals surface area contributed by atoms with Gasteiger partial charge in [0.15, 0.2) is 0 Å². The summed E-state index contributed by atoms with van der Waals surface area (Å²) in [6, 6.07) is 12.0. The van der Waals surface area contributed by atoms with Crippen LogP contribution in [0.3, 0.4) is 0 Å². The molecule has 0 spiro atoms. The summed E-state index contributed by atoms with van der Waals surface area (Å²) in [7, 11) is 0. The van der Waals surface area contributed by atoms with E-state index in [-0.39, 0.29) is 17.7 Å². The minimum Gasteiger partial charge on any atom is -0.508 e. The van der Waals surface area contributed by atoms with E-state index in [9.17, 15) is 9.90 Å². The maximum atomic E-state index is 12.6. The number of carbonyl (C=O) groups excluding carboxylic acids is 1. The van der Waals surface area contributed by atoms with Crippen molar-refractivity contribution >= 4 is 5.91 Å². The van der Waals surface area contributed by atoms with Crippen LogP contribution in [-0.4, -0.2) is 23.7 Å². The Morgan fingerprint density at radius 2 is 1.86 bits per heavy atom. The van der Waals surface area contributed by atoms with Crippen molar-refractivity contribution in [2.75, 3.05) is 6.54 Å². The third kappa shape index (κ3) is 3.87. The van der Waals surface area contributed by atoms with Gasteiger partial charge in [0.05, 0.1) is 12.0 Å². The van der Waals surface area contributed by atoms with Crippen LogP contribution in [0.2, 0.25) is 0 Å². The normalized spacial score (nSPS) is 22.4. The summed E-state index contributed by atoms with van der Waals surface area (Å²) in [5.74, 6) is 1.39. The highest BCUT2D eigenvalue weighted by molar-refractivity contribution is 5.82. The molecule has 28 heavy (non-hydrogen) atoms. The summed E-state index contributed by atoms with van der Waals surface area (Å²) in [5.41, 5.74) is 4.24. The molecule has 4 heteroatoms. The number of benzene rings is 2. The third-order valence-electron chi connectivity index (χ3n) is 6.27. The standard InChI is InChI=1S/C24H29NO3/c1-15-7-9-18(13-23(15)28-19-5-3-4-6-19)21-14-25-24(27)20(21)12-17-8-10-22(26)16(2)11-17/h7-11,13,19-21,26H,3-6,12,14H2,1-2H3,(H,25,27). The van der Waals surface area contributed by atoms with Gasteiger partial charge < -0.3 is 15.2 Å². The second-order valence-corrected chi connectivity index (χ2v) is 8.33. The first-order valence-electron chi connectivity index (χ1n) is 10.3. The summed E-state index contributed by atoms with van der Waals surface area (Å²) in [6.07, 6.45) is 5.76. The first-order valence-corrected chi connectivity index (χ1v) is 10.3. The smallest absolute Gasteiger partial charge is 0.224 e. The van der Waals surface area contributed by atoms with Crippen molar-refractivity contribution < 1.29 is 14.6 Å². The lowest BCUT2D eigenvalue weighted by atomic mass is 9.83. The van der Waals surface area contributed by atoms with E-state index >= 15 is 0 Å². The van der Waals surface area contributed by atoms with Crippen molar-refractivity contribution in [1.29, 1.82) is 0 Å². The Morgan fingerprint density at radius 1 is 1.07 bits per heavy atom. The van der Waals surface area contributed by atoms with E-state index in [0.717, 1.165) is 40.8 Å².